The van der Waals surface area contributed by atoms with E-state index < -0.39 is 0 Å². The number of amides is 1. The summed E-state index contributed by atoms with van der Waals surface area (Å²) in [5, 5.41) is 12.4. The molecule has 1 amide bonds. The molecule has 0 saturated carbocycles. The Balaban J connectivity index is 1.93. The second-order valence-corrected chi connectivity index (χ2v) is 5.81. The van der Waals surface area contributed by atoms with Gasteiger partial charge in [-0.25, -0.2) is 4.98 Å². The number of rotatable bonds is 6. The van der Waals surface area contributed by atoms with Gasteiger partial charge in [0.05, 0.1) is 35.6 Å². The van der Waals surface area contributed by atoms with Crippen LogP contribution in [0.1, 0.15) is 24.1 Å². The fraction of sp³-hybridized carbons (Fsp3) is 0.235. The number of nitrogens with zero attached hydrogens (tertiary/aromatic N) is 2. The average Bonchev–Trinajstić information content (AvgIpc) is 2.60. The van der Waals surface area contributed by atoms with Crippen molar-refractivity contribution in [1.82, 2.24) is 10.3 Å². The second kappa shape index (κ2) is 8.20. The van der Waals surface area contributed by atoms with Crippen LogP contribution in [0.4, 0.5) is 0 Å². The summed E-state index contributed by atoms with van der Waals surface area (Å²) in [5.41, 5.74) is 1.46. The summed E-state index contributed by atoms with van der Waals surface area (Å²) in [6, 6.07) is 12.8. The molecule has 0 aliphatic heterocycles. The zero-order chi connectivity index (χ0) is 16.7. The fourth-order valence-electron chi connectivity index (χ4n) is 2.08. The molecule has 0 unspecified atom stereocenters. The molecular formula is C17H17N3O2S. The summed E-state index contributed by atoms with van der Waals surface area (Å²) >= 11 is 1.30. The van der Waals surface area contributed by atoms with Gasteiger partial charge < -0.3 is 10.1 Å². The van der Waals surface area contributed by atoms with Gasteiger partial charge in [-0.1, -0.05) is 30.0 Å². The molecule has 1 N–H and O–H groups in total. The lowest BCUT2D eigenvalue weighted by Gasteiger charge is -2.17. The average molecular weight is 327 g/mol. The number of nitriles is 1. The van der Waals surface area contributed by atoms with Crippen LogP contribution in [0.2, 0.25) is 0 Å². The van der Waals surface area contributed by atoms with Gasteiger partial charge in [0.15, 0.2) is 0 Å². The Kier molecular flexibility index (Phi) is 6.01. The Morgan fingerprint density at radius 1 is 1.43 bits per heavy atom. The molecule has 0 fully saturated rings. The first kappa shape index (κ1) is 16.8. The molecule has 5 nitrogen and oxygen atoms in total. The molecule has 0 aliphatic carbocycles. The molecule has 1 aromatic carbocycles. The Bertz CT molecular complexity index is 728. The lowest BCUT2D eigenvalue weighted by atomic mass is 10.1. The number of hydrogen-bond donors (Lipinski definition) is 1. The van der Waals surface area contributed by atoms with E-state index in [0.29, 0.717) is 10.6 Å². The maximum Gasteiger partial charge on any atom is 0.230 e. The number of aromatic nitrogens is 1. The van der Waals surface area contributed by atoms with E-state index in [1.165, 1.54) is 11.8 Å². The lowest BCUT2D eigenvalue weighted by Crippen LogP contribution is -2.28. The molecule has 0 saturated heterocycles. The highest BCUT2D eigenvalue weighted by atomic mass is 32.2. The van der Waals surface area contributed by atoms with E-state index in [9.17, 15) is 4.79 Å². The summed E-state index contributed by atoms with van der Waals surface area (Å²) in [6.45, 7) is 1.91. The normalized spacial score (nSPS) is 11.3. The first-order valence-corrected chi connectivity index (χ1v) is 8.04. The molecular weight excluding hydrogens is 310 g/mol. The largest absolute Gasteiger partial charge is 0.496 e. The van der Waals surface area contributed by atoms with E-state index in [1.54, 1.807) is 25.4 Å². The molecule has 0 aliphatic rings. The predicted molar refractivity (Wildman–Crippen MR) is 89.2 cm³/mol. The number of para-hydroxylation sites is 1. The summed E-state index contributed by atoms with van der Waals surface area (Å²) in [5.74, 6) is 0.885. The third-order valence-corrected chi connectivity index (χ3v) is 4.12. The van der Waals surface area contributed by atoms with Crippen LogP contribution in [-0.4, -0.2) is 23.8 Å². The highest BCUT2D eigenvalue weighted by molar-refractivity contribution is 7.99. The standard InChI is InChI=1S/C17H17N3O2S/c1-12(14-5-3-4-6-15(14)22-2)20-16(21)11-23-17-9-13(10-18)7-8-19-17/h3-9,12H,11H2,1-2H3,(H,20,21)/t12-/m1/s1. The van der Waals surface area contributed by atoms with Gasteiger partial charge in [-0.05, 0) is 25.1 Å². The lowest BCUT2D eigenvalue weighted by molar-refractivity contribution is -0.119. The fourth-order valence-corrected chi connectivity index (χ4v) is 2.79. The summed E-state index contributed by atoms with van der Waals surface area (Å²) in [4.78, 5) is 16.2. The van der Waals surface area contributed by atoms with Crippen LogP contribution in [-0.2, 0) is 4.79 Å². The number of nitrogens with one attached hydrogen (secondary N) is 1. The first-order chi connectivity index (χ1) is 11.1. The molecule has 2 rings (SSSR count). The third-order valence-electron chi connectivity index (χ3n) is 3.20. The van der Waals surface area contributed by atoms with Gasteiger partial charge in [0.1, 0.15) is 5.75 Å². The zero-order valence-electron chi connectivity index (χ0n) is 12.9. The topological polar surface area (TPSA) is 75.0 Å². The number of pyridine rings is 1. The van der Waals surface area contributed by atoms with Crippen molar-refractivity contribution in [2.24, 2.45) is 0 Å². The van der Waals surface area contributed by atoms with Gasteiger partial charge in [0.2, 0.25) is 5.91 Å². The van der Waals surface area contributed by atoms with Crippen molar-refractivity contribution in [3.8, 4) is 11.8 Å². The van der Waals surface area contributed by atoms with Crippen LogP contribution in [0.5, 0.6) is 5.75 Å². The molecule has 1 atom stereocenters. The van der Waals surface area contributed by atoms with Crippen molar-refractivity contribution in [2.45, 2.75) is 18.0 Å². The van der Waals surface area contributed by atoms with E-state index in [4.69, 9.17) is 10.00 Å². The van der Waals surface area contributed by atoms with Gasteiger partial charge in [-0.2, -0.15) is 5.26 Å². The van der Waals surface area contributed by atoms with E-state index in [2.05, 4.69) is 16.4 Å². The minimum absolute atomic E-state index is 0.0995. The molecule has 23 heavy (non-hydrogen) atoms. The molecule has 6 heteroatoms. The van der Waals surface area contributed by atoms with Crippen molar-refractivity contribution in [2.75, 3.05) is 12.9 Å². The molecule has 1 heterocycles. The Hall–Kier alpha value is -2.52. The van der Waals surface area contributed by atoms with Crippen molar-refractivity contribution < 1.29 is 9.53 Å². The number of carbonyl (C=O) groups excluding carboxylic acids is 1. The number of carbonyl (C=O) groups is 1. The Morgan fingerprint density at radius 3 is 2.96 bits per heavy atom. The van der Waals surface area contributed by atoms with E-state index in [0.717, 1.165) is 11.3 Å². The third kappa shape index (κ3) is 4.73. The molecule has 118 valence electrons. The molecule has 0 radical (unpaired) electrons. The van der Waals surface area contributed by atoms with Crippen molar-refractivity contribution >= 4 is 17.7 Å². The molecule has 0 bridgehead atoms. The maximum absolute atomic E-state index is 12.1. The van der Waals surface area contributed by atoms with Gasteiger partial charge >= 0.3 is 0 Å². The van der Waals surface area contributed by atoms with E-state index >= 15 is 0 Å². The van der Waals surface area contributed by atoms with E-state index in [-0.39, 0.29) is 17.7 Å². The van der Waals surface area contributed by atoms with Crippen LogP contribution in [0.15, 0.2) is 47.6 Å². The molecule has 1 aromatic heterocycles. The number of thioether (sulfide) groups is 1. The summed E-state index contributed by atoms with van der Waals surface area (Å²) in [6.07, 6.45) is 1.57. The van der Waals surface area contributed by atoms with Crippen molar-refractivity contribution in [3.63, 3.8) is 0 Å². The summed E-state index contributed by atoms with van der Waals surface area (Å²) < 4.78 is 5.31. The quantitative estimate of drug-likeness (QED) is 0.826. The zero-order valence-corrected chi connectivity index (χ0v) is 13.8. The number of hydrogen-bond acceptors (Lipinski definition) is 5. The molecule has 2 aromatic rings. The van der Waals surface area contributed by atoms with Crippen LogP contribution in [0, 0.1) is 11.3 Å². The maximum atomic E-state index is 12.1. The monoisotopic (exact) mass is 327 g/mol. The first-order valence-electron chi connectivity index (χ1n) is 7.05. The van der Waals surface area contributed by atoms with Gasteiger partial charge in [-0.3, -0.25) is 4.79 Å². The Morgan fingerprint density at radius 2 is 2.22 bits per heavy atom. The van der Waals surface area contributed by atoms with Crippen LogP contribution in [0.3, 0.4) is 0 Å². The van der Waals surface area contributed by atoms with Crippen molar-refractivity contribution in [3.05, 3.63) is 53.7 Å². The number of ether oxygens (including phenoxy) is 1. The number of methoxy groups -OCH3 is 1. The van der Waals surface area contributed by atoms with Crippen molar-refractivity contribution in [1.29, 1.82) is 5.26 Å². The second-order valence-electron chi connectivity index (χ2n) is 4.81. The van der Waals surface area contributed by atoms with Gasteiger partial charge in [0.25, 0.3) is 0 Å². The SMILES string of the molecule is COc1ccccc1[C@@H](C)NC(=O)CSc1cc(C#N)ccn1. The van der Waals surface area contributed by atoms with Crippen LogP contribution < -0.4 is 10.1 Å². The smallest absolute Gasteiger partial charge is 0.230 e. The minimum Gasteiger partial charge on any atom is -0.496 e. The molecule has 0 spiro atoms. The van der Waals surface area contributed by atoms with Gasteiger partial charge in [-0.15, -0.1) is 0 Å². The Labute approximate surface area is 139 Å². The van der Waals surface area contributed by atoms with Crippen LogP contribution in [0.25, 0.3) is 0 Å². The van der Waals surface area contributed by atoms with Gasteiger partial charge in [0, 0.05) is 11.8 Å². The van der Waals surface area contributed by atoms with E-state index in [1.807, 2.05) is 31.2 Å². The highest BCUT2D eigenvalue weighted by Gasteiger charge is 2.13. The number of benzene rings is 1. The predicted octanol–water partition coefficient (Wildman–Crippen LogP) is 2.93. The summed E-state index contributed by atoms with van der Waals surface area (Å²) in [7, 11) is 1.61. The highest BCUT2D eigenvalue weighted by Crippen LogP contribution is 2.24. The minimum atomic E-state index is -0.155. The van der Waals surface area contributed by atoms with Crippen LogP contribution >= 0.6 is 11.8 Å².